The van der Waals surface area contributed by atoms with Gasteiger partial charge in [-0.2, -0.15) is 0 Å². The molecular formula is C12H17N3NaO+. The Balaban J connectivity index is 0.00000256. The minimum Gasteiger partial charge on any atom is -0.398 e. The average molecular weight is 242 g/mol. The van der Waals surface area contributed by atoms with Gasteiger partial charge >= 0.3 is 29.6 Å². The number of anilines is 2. The van der Waals surface area contributed by atoms with Crippen LogP contribution in [0.2, 0.25) is 0 Å². The number of rotatable bonds is 3. The summed E-state index contributed by atoms with van der Waals surface area (Å²) in [5, 5.41) is 0. The van der Waals surface area contributed by atoms with Gasteiger partial charge in [0.25, 0.3) is 0 Å². The van der Waals surface area contributed by atoms with Crippen molar-refractivity contribution in [2.24, 2.45) is 5.73 Å². The molecule has 0 saturated carbocycles. The fourth-order valence-electron chi connectivity index (χ4n) is 1.28. The monoisotopic (exact) mass is 242 g/mol. The van der Waals surface area contributed by atoms with Gasteiger partial charge in [0.05, 0.1) is 0 Å². The molecule has 0 radical (unpaired) electrons. The number of benzene rings is 1. The van der Waals surface area contributed by atoms with Gasteiger partial charge in [0.2, 0.25) is 5.91 Å². The van der Waals surface area contributed by atoms with Crippen molar-refractivity contribution in [1.29, 1.82) is 0 Å². The zero-order valence-electron chi connectivity index (χ0n) is 10.8. The summed E-state index contributed by atoms with van der Waals surface area (Å²) in [4.78, 5) is 12.9. The summed E-state index contributed by atoms with van der Waals surface area (Å²) in [5.74, 6) is -0.434. The molecule has 1 rings (SSSR count). The smallest absolute Gasteiger partial charge is 0.398 e. The van der Waals surface area contributed by atoms with Crippen LogP contribution in [0, 0.1) is 0 Å². The molecule has 4 nitrogen and oxygen atoms in total. The summed E-state index contributed by atoms with van der Waals surface area (Å²) in [6, 6.07) is 5.67. The van der Waals surface area contributed by atoms with E-state index in [1.165, 1.54) is 0 Å². The molecule has 0 aliphatic rings. The van der Waals surface area contributed by atoms with Crippen LogP contribution >= 0.6 is 0 Å². The zero-order valence-corrected chi connectivity index (χ0v) is 12.8. The van der Waals surface area contributed by atoms with Crippen LogP contribution in [0.5, 0.6) is 0 Å². The van der Waals surface area contributed by atoms with Gasteiger partial charge < -0.3 is 16.4 Å². The second-order valence-electron chi connectivity index (χ2n) is 3.90. The van der Waals surface area contributed by atoms with Crippen molar-refractivity contribution in [2.45, 2.75) is 6.92 Å². The van der Waals surface area contributed by atoms with E-state index in [1.807, 2.05) is 37.2 Å². The predicted octanol–water partition coefficient (Wildman–Crippen LogP) is -1.77. The van der Waals surface area contributed by atoms with Gasteiger partial charge in [-0.25, -0.2) is 0 Å². The van der Waals surface area contributed by atoms with E-state index in [2.05, 4.69) is 0 Å². The van der Waals surface area contributed by atoms with E-state index < -0.39 is 5.91 Å². The van der Waals surface area contributed by atoms with Crippen LogP contribution < -0.4 is 45.9 Å². The van der Waals surface area contributed by atoms with E-state index in [9.17, 15) is 4.79 Å². The first kappa shape index (κ1) is 16.0. The van der Waals surface area contributed by atoms with Gasteiger partial charge in [0, 0.05) is 31.0 Å². The Hall–Kier alpha value is -0.970. The molecule has 0 unspecified atom stereocenters. The van der Waals surface area contributed by atoms with Gasteiger partial charge in [0.15, 0.2) is 0 Å². The maximum atomic E-state index is 10.9. The first-order valence-electron chi connectivity index (χ1n) is 4.96. The van der Waals surface area contributed by atoms with Crippen molar-refractivity contribution in [3.8, 4) is 0 Å². The molecule has 0 aromatic heterocycles. The number of nitrogens with zero attached hydrogens (tertiary/aromatic N) is 1. The molecule has 1 amide bonds. The number of primary amides is 1. The summed E-state index contributed by atoms with van der Waals surface area (Å²) in [6.45, 7) is 1.67. The molecule has 5 heteroatoms. The number of hydrogen-bond acceptors (Lipinski definition) is 3. The molecule has 0 atom stereocenters. The number of amides is 1. The Morgan fingerprint density at radius 1 is 1.35 bits per heavy atom. The Morgan fingerprint density at radius 2 is 1.94 bits per heavy atom. The van der Waals surface area contributed by atoms with Crippen molar-refractivity contribution < 1.29 is 34.4 Å². The SMILES string of the molecule is C/C(=C\c1ccc(N(C)C)cc1N)C(N)=O.[Na+]. The van der Waals surface area contributed by atoms with Crippen LogP contribution in [-0.4, -0.2) is 20.0 Å². The largest absolute Gasteiger partial charge is 1.00 e. The molecule has 0 heterocycles. The van der Waals surface area contributed by atoms with Crippen LogP contribution in [0.4, 0.5) is 11.4 Å². The van der Waals surface area contributed by atoms with Crippen molar-refractivity contribution in [3.05, 3.63) is 29.3 Å². The van der Waals surface area contributed by atoms with Gasteiger partial charge in [-0.3, -0.25) is 4.79 Å². The van der Waals surface area contributed by atoms with Gasteiger partial charge in [-0.05, 0) is 30.7 Å². The molecule has 0 fully saturated rings. The number of nitrogens with two attached hydrogens (primary N) is 2. The van der Waals surface area contributed by atoms with E-state index in [4.69, 9.17) is 11.5 Å². The second kappa shape index (κ2) is 6.69. The fraction of sp³-hybridized carbons (Fsp3) is 0.250. The second-order valence-corrected chi connectivity index (χ2v) is 3.90. The zero-order chi connectivity index (χ0) is 12.3. The van der Waals surface area contributed by atoms with Gasteiger partial charge in [-0.15, -0.1) is 0 Å². The number of nitrogen functional groups attached to an aromatic ring is 1. The third kappa shape index (κ3) is 4.42. The maximum absolute atomic E-state index is 10.9. The van der Waals surface area contributed by atoms with Crippen LogP contribution in [-0.2, 0) is 4.79 Å². The van der Waals surface area contributed by atoms with Gasteiger partial charge in [0.1, 0.15) is 0 Å². The molecule has 4 N–H and O–H groups in total. The third-order valence-corrected chi connectivity index (χ3v) is 2.35. The van der Waals surface area contributed by atoms with E-state index in [0.29, 0.717) is 11.3 Å². The quantitative estimate of drug-likeness (QED) is 0.374. The van der Waals surface area contributed by atoms with E-state index in [0.717, 1.165) is 11.3 Å². The summed E-state index contributed by atoms with van der Waals surface area (Å²) >= 11 is 0. The Labute approximate surface area is 124 Å². The van der Waals surface area contributed by atoms with Crippen molar-refractivity contribution >= 4 is 23.4 Å². The molecule has 0 aliphatic carbocycles. The molecule has 0 aliphatic heterocycles. The van der Waals surface area contributed by atoms with E-state index in [1.54, 1.807) is 13.0 Å². The standard InChI is InChI=1S/C12H17N3O.Na/c1-8(12(14)16)6-9-4-5-10(15(2)3)7-11(9)13;/h4-7H,13H2,1-3H3,(H2,14,16);/q;+1/b8-6+;. The minimum absolute atomic E-state index is 0. The molecule has 0 bridgehead atoms. The summed E-state index contributed by atoms with van der Waals surface area (Å²) in [7, 11) is 3.89. The van der Waals surface area contributed by atoms with Crippen LogP contribution in [0.25, 0.3) is 6.08 Å². The maximum Gasteiger partial charge on any atom is 1.00 e. The van der Waals surface area contributed by atoms with Crippen LogP contribution in [0.1, 0.15) is 12.5 Å². The van der Waals surface area contributed by atoms with Crippen molar-refractivity contribution in [1.82, 2.24) is 0 Å². The topological polar surface area (TPSA) is 72.3 Å². The van der Waals surface area contributed by atoms with Crippen LogP contribution in [0.15, 0.2) is 23.8 Å². The Kier molecular flexibility index (Phi) is 6.31. The third-order valence-electron chi connectivity index (χ3n) is 2.35. The molecule has 86 valence electrons. The summed E-state index contributed by atoms with van der Waals surface area (Å²) < 4.78 is 0. The fourth-order valence-corrected chi connectivity index (χ4v) is 1.28. The summed E-state index contributed by atoms with van der Waals surface area (Å²) in [6.07, 6.45) is 1.69. The van der Waals surface area contributed by atoms with Gasteiger partial charge in [-0.1, -0.05) is 6.07 Å². The molecule has 17 heavy (non-hydrogen) atoms. The first-order chi connectivity index (χ1) is 7.41. The average Bonchev–Trinajstić information content (AvgIpc) is 2.20. The number of hydrogen-bond donors (Lipinski definition) is 2. The van der Waals surface area contributed by atoms with Crippen molar-refractivity contribution in [3.63, 3.8) is 0 Å². The number of carbonyl (C=O) groups is 1. The van der Waals surface area contributed by atoms with E-state index in [-0.39, 0.29) is 29.6 Å². The molecular weight excluding hydrogens is 225 g/mol. The Bertz CT molecular complexity index is 441. The Morgan fingerprint density at radius 3 is 2.35 bits per heavy atom. The van der Waals surface area contributed by atoms with Crippen molar-refractivity contribution in [2.75, 3.05) is 24.7 Å². The molecule has 0 saturated heterocycles. The predicted molar refractivity (Wildman–Crippen MR) is 68.0 cm³/mol. The molecule has 1 aromatic rings. The first-order valence-corrected chi connectivity index (χ1v) is 4.96. The normalized spacial score (nSPS) is 10.6. The minimum atomic E-state index is -0.434. The molecule has 1 aromatic carbocycles. The number of carbonyl (C=O) groups excluding carboxylic acids is 1. The summed E-state index contributed by atoms with van der Waals surface area (Å²) in [5.41, 5.74) is 14.0. The molecule has 0 spiro atoms. The van der Waals surface area contributed by atoms with E-state index >= 15 is 0 Å². The van der Waals surface area contributed by atoms with Crippen LogP contribution in [0.3, 0.4) is 0 Å².